The molecule has 0 aliphatic carbocycles. The van der Waals surface area contributed by atoms with Crippen LogP contribution in [0.25, 0.3) is 22.2 Å². The number of nitrogens with zero attached hydrogens (tertiary/aromatic N) is 1. The van der Waals surface area contributed by atoms with Crippen LogP contribution < -0.4 is 5.32 Å². The number of rotatable bonds is 8. The van der Waals surface area contributed by atoms with Crippen molar-refractivity contribution in [2.75, 3.05) is 25.0 Å². The van der Waals surface area contributed by atoms with Gasteiger partial charge in [-0.15, -0.1) is 0 Å². The molecule has 37 heavy (non-hydrogen) atoms. The predicted molar refractivity (Wildman–Crippen MR) is 163 cm³/mol. The zero-order chi connectivity index (χ0) is 25.8. The number of hydrogen-bond acceptors (Lipinski definition) is 2. The highest BCUT2D eigenvalue weighted by Crippen LogP contribution is 2.33. The van der Waals surface area contributed by atoms with E-state index >= 15 is 0 Å². The van der Waals surface area contributed by atoms with Crippen LogP contribution in [0.5, 0.6) is 0 Å². The third-order valence-corrected chi connectivity index (χ3v) is 8.24. The first-order valence-electron chi connectivity index (χ1n) is 13.5. The van der Waals surface area contributed by atoms with E-state index in [4.69, 9.17) is 0 Å². The maximum atomic E-state index is 12.1. The molecule has 0 atom stereocenters. The normalized spacial score (nSPS) is 14.9. The maximum Gasteiger partial charge on any atom is 0.226 e. The van der Waals surface area contributed by atoms with Gasteiger partial charge in [-0.3, -0.25) is 4.79 Å². The Hall–Kier alpha value is -2.64. The summed E-state index contributed by atoms with van der Waals surface area (Å²) in [5.41, 5.74) is 7.46. The summed E-state index contributed by atoms with van der Waals surface area (Å²) in [4.78, 5) is 18.4. The molecule has 2 N–H and O–H groups in total. The summed E-state index contributed by atoms with van der Waals surface area (Å²) in [5, 5.41) is 4.40. The van der Waals surface area contributed by atoms with Crippen molar-refractivity contribution in [2.45, 2.75) is 45.4 Å². The minimum atomic E-state index is -0.0105. The van der Waals surface area contributed by atoms with E-state index in [9.17, 15) is 4.79 Å². The number of amides is 1. The van der Waals surface area contributed by atoms with E-state index in [1.807, 2.05) is 19.9 Å². The number of likely N-dealkylation sites (tertiary alicyclic amines) is 1. The number of H-pyrrole nitrogens is 1. The van der Waals surface area contributed by atoms with Crippen molar-refractivity contribution >= 4 is 45.1 Å². The SMILES string of the molecule is CC(C)C(=O)Nc1cccc(C2CCN(CCCc3c(-c4cccc(I)c4)[nH]c4ccccc34)CC2)c1. The highest BCUT2D eigenvalue weighted by Gasteiger charge is 2.21. The molecule has 0 saturated carbocycles. The van der Waals surface area contributed by atoms with E-state index in [1.165, 1.54) is 49.7 Å². The minimum absolute atomic E-state index is 0.0105. The molecule has 1 fully saturated rings. The van der Waals surface area contributed by atoms with Crippen molar-refractivity contribution in [3.05, 3.63) is 87.5 Å². The molecule has 2 heterocycles. The van der Waals surface area contributed by atoms with Crippen LogP contribution in [0.3, 0.4) is 0 Å². The molecule has 1 saturated heterocycles. The van der Waals surface area contributed by atoms with Gasteiger partial charge in [0.25, 0.3) is 0 Å². The molecular weight excluding hydrogens is 569 g/mol. The van der Waals surface area contributed by atoms with Gasteiger partial charge in [0.2, 0.25) is 5.91 Å². The number of hydrogen-bond donors (Lipinski definition) is 2. The Bertz CT molecular complexity index is 1370. The van der Waals surface area contributed by atoms with Crippen LogP contribution >= 0.6 is 22.6 Å². The fourth-order valence-electron chi connectivity index (χ4n) is 5.48. The molecule has 192 valence electrons. The number of nitrogens with one attached hydrogen (secondary N) is 2. The number of aryl methyl sites for hydroxylation is 1. The quantitative estimate of drug-likeness (QED) is 0.201. The molecule has 3 aromatic carbocycles. The summed E-state index contributed by atoms with van der Waals surface area (Å²) >= 11 is 2.40. The lowest BCUT2D eigenvalue weighted by Gasteiger charge is -2.32. The average molecular weight is 606 g/mol. The van der Waals surface area contributed by atoms with Crippen LogP contribution in [0.4, 0.5) is 5.69 Å². The van der Waals surface area contributed by atoms with Crippen LogP contribution in [0, 0.1) is 9.49 Å². The van der Waals surface area contributed by atoms with Crippen molar-refractivity contribution < 1.29 is 4.79 Å². The highest BCUT2D eigenvalue weighted by molar-refractivity contribution is 14.1. The van der Waals surface area contributed by atoms with Gasteiger partial charge in [0.15, 0.2) is 0 Å². The van der Waals surface area contributed by atoms with Crippen LogP contribution in [-0.4, -0.2) is 35.4 Å². The molecule has 1 aliphatic rings. The first-order chi connectivity index (χ1) is 18.0. The maximum absolute atomic E-state index is 12.1. The minimum Gasteiger partial charge on any atom is -0.354 e. The number of anilines is 1. The molecule has 5 heteroatoms. The Morgan fingerprint density at radius 3 is 2.59 bits per heavy atom. The van der Waals surface area contributed by atoms with Crippen molar-refractivity contribution in [1.29, 1.82) is 0 Å². The number of para-hydroxylation sites is 1. The molecule has 4 nitrogen and oxygen atoms in total. The Morgan fingerprint density at radius 2 is 1.81 bits per heavy atom. The zero-order valence-electron chi connectivity index (χ0n) is 21.8. The second kappa shape index (κ2) is 11.8. The summed E-state index contributed by atoms with van der Waals surface area (Å²) in [5.74, 6) is 0.629. The largest absolute Gasteiger partial charge is 0.354 e. The van der Waals surface area contributed by atoms with Gasteiger partial charge >= 0.3 is 0 Å². The van der Waals surface area contributed by atoms with Gasteiger partial charge in [-0.05, 0) is 121 Å². The summed E-state index contributed by atoms with van der Waals surface area (Å²) < 4.78 is 1.26. The van der Waals surface area contributed by atoms with Crippen molar-refractivity contribution in [3.63, 3.8) is 0 Å². The summed E-state index contributed by atoms with van der Waals surface area (Å²) in [6.07, 6.45) is 4.56. The molecule has 0 bridgehead atoms. The second-order valence-electron chi connectivity index (χ2n) is 10.5. The van der Waals surface area contributed by atoms with Gasteiger partial charge in [-0.1, -0.05) is 56.3 Å². The lowest BCUT2D eigenvalue weighted by atomic mass is 9.89. The second-order valence-corrected chi connectivity index (χ2v) is 11.8. The number of aromatic amines is 1. The van der Waals surface area contributed by atoms with Crippen LogP contribution in [0.2, 0.25) is 0 Å². The molecule has 0 radical (unpaired) electrons. The van der Waals surface area contributed by atoms with Gasteiger partial charge in [0.05, 0.1) is 0 Å². The molecular formula is C32H36IN3O. The van der Waals surface area contributed by atoms with E-state index in [2.05, 4.69) is 105 Å². The van der Waals surface area contributed by atoms with E-state index in [0.29, 0.717) is 5.92 Å². The standard InChI is InChI=1S/C32H36IN3O/c1-22(2)32(37)34-27-11-6-8-24(21-27)23-15-18-36(19-16-23)17-7-13-29-28-12-3-4-14-30(28)35-31(29)25-9-5-10-26(33)20-25/h3-6,8-12,14,20-23,35H,7,13,15-19H2,1-2H3,(H,34,37). The number of carbonyl (C=O) groups is 1. The van der Waals surface area contributed by atoms with Gasteiger partial charge in [0.1, 0.15) is 0 Å². The first kappa shape index (κ1) is 26.0. The van der Waals surface area contributed by atoms with E-state index in [1.54, 1.807) is 0 Å². The molecule has 1 aromatic heterocycles. The Labute approximate surface area is 234 Å². The summed E-state index contributed by atoms with van der Waals surface area (Å²) in [7, 11) is 0. The van der Waals surface area contributed by atoms with Crippen molar-refractivity contribution in [3.8, 4) is 11.3 Å². The number of aromatic nitrogens is 1. The van der Waals surface area contributed by atoms with Crippen molar-refractivity contribution in [1.82, 2.24) is 9.88 Å². The monoisotopic (exact) mass is 605 g/mol. The molecule has 5 rings (SSSR count). The van der Waals surface area contributed by atoms with Gasteiger partial charge in [-0.2, -0.15) is 0 Å². The lowest BCUT2D eigenvalue weighted by molar-refractivity contribution is -0.118. The first-order valence-corrected chi connectivity index (χ1v) is 14.5. The fraction of sp³-hybridized carbons (Fsp3) is 0.344. The summed E-state index contributed by atoms with van der Waals surface area (Å²) in [6, 6.07) is 25.9. The van der Waals surface area contributed by atoms with E-state index in [-0.39, 0.29) is 11.8 Å². The predicted octanol–water partition coefficient (Wildman–Crippen LogP) is 7.85. The van der Waals surface area contributed by atoms with Crippen LogP contribution in [-0.2, 0) is 11.2 Å². The van der Waals surface area contributed by atoms with Gasteiger partial charge < -0.3 is 15.2 Å². The number of benzene rings is 3. The van der Waals surface area contributed by atoms with Crippen molar-refractivity contribution in [2.24, 2.45) is 5.92 Å². The summed E-state index contributed by atoms with van der Waals surface area (Å²) in [6.45, 7) is 7.24. The fourth-order valence-corrected chi connectivity index (χ4v) is 6.02. The number of piperidine rings is 1. The lowest BCUT2D eigenvalue weighted by Crippen LogP contribution is -2.33. The van der Waals surface area contributed by atoms with E-state index in [0.717, 1.165) is 38.2 Å². The molecule has 1 amide bonds. The average Bonchev–Trinajstić information content (AvgIpc) is 3.28. The smallest absolute Gasteiger partial charge is 0.226 e. The van der Waals surface area contributed by atoms with E-state index < -0.39 is 0 Å². The third kappa shape index (κ3) is 6.27. The molecule has 0 spiro atoms. The third-order valence-electron chi connectivity index (χ3n) is 7.57. The molecule has 4 aromatic rings. The van der Waals surface area contributed by atoms with Crippen LogP contribution in [0.15, 0.2) is 72.8 Å². The number of fused-ring (bicyclic) bond motifs is 1. The topological polar surface area (TPSA) is 48.1 Å². The molecule has 0 unspecified atom stereocenters. The highest BCUT2D eigenvalue weighted by atomic mass is 127. The number of halogens is 1. The van der Waals surface area contributed by atoms with Crippen LogP contribution in [0.1, 0.15) is 50.2 Å². The Kier molecular flexibility index (Phi) is 8.30. The Balaban J connectivity index is 1.19. The number of carbonyl (C=O) groups excluding carboxylic acids is 1. The van der Waals surface area contributed by atoms with Gasteiger partial charge in [0, 0.05) is 31.8 Å². The van der Waals surface area contributed by atoms with Gasteiger partial charge in [-0.25, -0.2) is 0 Å². The zero-order valence-corrected chi connectivity index (χ0v) is 23.9. The Morgan fingerprint density at radius 1 is 1.03 bits per heavy atom. The molecule has 1 aliphatic heterocycles.